The maximum Gasteiger partial charge on any atom is 0.114 e. The second-order valence-corrected chi connectivity index (χ2v) is 3.51. The van der Waals surface area contributed by atoms with E-state index in [1.807, 2.05) is 6.92 Å². The first-order chi connectivity index (χ1) is 6.15. The molecule has 0 saturated heterocycles. The molecule has 0 aliphatic carbocycles. The van der Waals surface area contributed by atoms with Gasteiger partial charge < -0.3 is 5.11 Å². The Morgan fingerprint density at radius 2 is 2.23 bits per heavy atom. The van der Waals surface area contributed by atoms with Gasteiger partial charge in [0.15, 0.2) is 0 Å². The third kappa shape index (κ3) is 2.75. The summed E-state index contributed by atoms with van der Waals surface area (Å²) in [5.74, 6) is 0. The van der Waals surface area contributed by atoms with Crippen molar-refractivity contribution in [2.24, 2.45) is 0 Å². The van der Waals surface area contributed by atoms with E-state index >= 15 is 0 Å². The average molecular weight is 194 g/mol. The Bertz CT molecular complexity index is 288. The van der Waals surface area contributed by atoms with E-state index in [-0.39, 0.29) is 0 Å². The molecule has 2 radical (unpaired) electrons. The Morgan fingerprint density at radius 1 is 1.54 bits per heavy atom. The van der Waals surface area contributed by atoms with Crippen molar-refractivity contribution < 1.29 is 5.11 Å². The summed E-state index contributed by atoms with van der Waals surface area (Å²) in [7, 11) is 5.71. The average Bonchev–Trinajstić information content (AvgIpc) is 2.04. The van der Waals surface area contributed by atoms with Crippen LogP contribution < -0.4 is 5.46 Å². The SMILES string of the molecule is [B]c1cc(Cl)ccc1C(O)CCC. The Morgan fingerprint density at radius 3 is 2.77 bits per heavy atom. The maximum atomic E-state index is 9.67. The summed E-state index contributed by atoms with van der Waals surface area (Å²) in [5.41, 5.74) is 1.33. The minimum atomic E-state index is -0.470. The van der Waals surface area contributed by atoms with Crippen LogP contribution in [0.3, 0.4) is 0 Å². The quantitative estimate of drug-likeness (QED) is 0.730. The van der Waals surface area contributed by atoms with Gasteiger partial charge in [0.25, 0.3) is 0 Å². The van der Waals surface area contributed by atoms with E-state index in [9.17, 15) is 5.11 Å². The molecule has 1 nitrogen and oxygen atoms in total. The molecule has 0 aliphatic rings. The van der Waals surface area contributed by atoms with E-state index < -0.39 is 6.10 Å². The molecule has 1 aromatic rings. The van der Waals surface area contributed by atoms with Crippen molar-refractivity contribution in [3.63, 3.8) is 0 Å². The van der Waals surface area contributed by atoms with Crippen LogP contribution in [-0.4, -0.2) is 13.0 Å². The van der Waals surface area contributed by atoms with Gasteiger partial charge in [0.05, 0.1) is 6.10 Å². The first-order valence-electron chi connectivity index (χ1n) is 4.38. The molecular weight excluding hydrogens is 182 g/mol. The fourth-order valence-corrected chi connectivity index (χ4v) is 1.46. The lowest BCUT2D eigenvalue weighted by Crippen LogP contribution is -2.14. The van der Waals surface area contributed by atoms with Crippen molar-refractivity contribution in [3.8, 4) is 0 Å². The summed E-state index contributed by atoms with van der Waals surface area (Å²) in [4.78, 5) is 0. The van der Waals surface area contributed by atoms with Crippen LogP contribution in [0.4, 0.5) is 0 Å². The highest BCUT2D eigenvalue weighted by Gasteiger charge is 2.08. The molecule has 68 valence electrons. The van der Waals surface area contributed by atoms with Gasteiger partial charge in [-0.25, -0.2) is 0 Å². The van der Waals surface area contributed by atoms with Gasteiger partial charge in [0, 0.05) is 5.02 Å². The topological polar surface area (TPSA) is 20.2 Å². The molecule has 1 rings (SSSR count). The van der Waals surface area contributed by atoms with Crippen LogP contribution in [0.15, 0.2) is 18.2 Å². The van der Waals surface area contributed by atoms with Crippen LogP contribution >= 0.6 is 11.6 Å². The number of hydrogen-bond donors (Lipinski definition) is 1. The third-order valence-corrected chi connectivity index (χ3v) is 2.21. The van der Waals surface area contributed by atoms with Crippen LogP contribution in [0.2, 0.25) is 5.02 Å². The van der Waals surface area contributed by atoms with Crippen LogP contribution in [-0.2, 0) is 0 Å². The van der Waals surface area contributed by atoms with Gasteiger partial charge in [0.1, 0.15) is 7.85 Å². The zero-order chi connectivity index (χ0) is 9.84. The first-order valence-corrected chi connectivity index (χ1v) is 4.76. The minimum Gasteiger partial charge on any atom is -0.388 e. The third-order valence-electron chi connectivity index (χ3n) is 1.97. The molecule has 0 spiro atoms. The predicted molar refractivity (Wildman–Crippen MR) is 56.7 cm³/mol. The molecule has 0 aromatic heterocycles. The smallest absolute Gasteiger partial charge is 0.114 e. The number of hydrogen-bond acceptors (Lipinski definition) is 1. The van der Waals surface area contributed by atoms with Gasteiger partial charge in [-0.15, -0.1) is 0 Å². The van der Waals surface area contributed by atoms with Crippen LogP contribution in [0.1, 0.15) is 31.4 Å². The van der Waals surface area contributed by atoms with Gasteiger partial charge in [0.2, 0.25) is 0 Å². The van der Waals surface area contributed by atoms with Crippen molar-refractivity contribution in [1.82, 2.24) is 0 Å². The van der Waals surface area contributed by atoms with Gasteiger partial charge >= 0.3 is 0 Å². The Balaban J connectivity index is 2.88. The molecule has 3 heteroatoms. The number of benzene rings is 1. The molecular formula is C10H12BClO. The molecule has 1 aromatic carbocycles. The second-order valence-electron chi connectivity index (χ2n) is 3.08. The standard InChI is InChI=1S/C10H12BClO/c1-2-3-10(13)8-5-4-7(12)6-9(8)11/h4-6,10,13H,2-3H2,1H3. The molecule has 0 fully saturated rings. The second kappa shape index (κ2) is 4.68. The summed E-state index contributed by atoms with van der Waals surface area (Å²) in [6.07, 6.45) is 1.19. The Labute approximate surface area is 85.1 Å². The largest absolute Gasteiger partial charge is 0.388 e. The van der Waals surface area contributed by atoms with Crippen LogP contribution in [0.5, 0.6) is 0 Å². The fraction of sp³-hybridized carbons (Fsp3) is 0.400. The van der Waals surface area contributed by atoms with E-state index in [4.69, 9.17) is 19.4 Å². The normalized spacial score (nSPS) is 12.8. The lowest BCUT2D eigenvalue weighted by molar-refractivity contribution is 0.167. The summed E-state index contributed by atoms with van der Waals surface area (Å²) >= 11 is 5.74. The van der Waals surface area contributed by atoms with Crippen molar-refractivity contribution in [2.45, 2.75) is 25.9 Å². The summed E-state index contributed by atoms with van der Waals surface area (Å²) < 4.78 is 0. The highest BCUT2D eigenvalue weighted by atomic mass is 35.5. The monoisotopic (exact) mass is 194 g/mol. The van der Waals surface area contributed by atoms with Crippen molar-refractivity contribution in [2.75, 3.05) is 0 Å². The molecule has 13 heavy (non-hydrogen) atoms. The van der Waals surface area contributed by atoms with E-state index in [0.29, 0.717) is 10.5 Å². The lowest BCUT2D eigenvalue weighted by atomic mass is 9.87. The van der Waals surface area contributed by atoms with E-state index in [0.717, 1.165) is 18.4 Å². The zero-order valence-corrected chi connectivity index (χ0v) is 8.38. The van der Waals surface area contributed by atoms with Gasteiger partial charge in [-0.2, -0.15) is 0 Å². The van der Waals surface area contributed by atoms with E-state index in [2.05, 4.69) is 0 Å². The van der Waals surface area contributed by atoms with Crippen LogP contribution in [0.25, 0.3) is 0 Å². The number of aliphatic hydroxyl groups excluding tert-OH is 1. The molecule has 1 atom stereocenters. The first kappa shape index (κ1) is 10.6. The number of halogens is 1. The molecule has 0 aliphatic heterocycles. The highest BCUT2D eigenvalue weighted by molar-refractivity contribution is 6.36. The predicted octanol–water partition coefficient (Wildman–Crippen LogP) is 1.97. The summed E-state index contributed by atoms with van der Waals surface area (Å²) in [5, 5.41) is 10.3. The van der Waals surface area contributed by atoms with Crippen molar-refractivity contribution in [1.29, 1.82) is 0 Å². The molecule has 0 amide bonds. The van der Waals surface area contributed by atoms with Gasteiger partial charge in [-0.05, 0) is 18.1 Å². The van der Waals surface area contributed by atoms with Crippen molar-refractivity contribution >= 4 is 24.9 Å². The van der Waals surface area contributed by atoms with Crippen LogP contribution in [0, 0.1) is 0 Å². The molecule has 0 bridgehead atoms. The Kier molecular flexibility index (Phi) is 3.82. The lowest BCUT2D eigenvalue weighted by Gasteiger charge is -2.12. The zero-order valence-electron chi connectivity index (χ0n) is 7.63. The maximum absolute atomic E-state index is 9.67. The Hall–Kier alpha value is -0.465. The molecule has 1 unspecified atom stereocenters. The fourth-order valence-electron chi connectivity index (χ4n) is 1.28. The molecule has 1 N–H and O–H groups in total. The summed E-state index contributed by atoms with van der Waals surface area (Å²) in [6, 6.07) is 5.18. The van der Waals surface area contributed by atoms with Crippen molar-refractivity contribution in [3.05, 3.63) is 28.8 Å². The van der Waals surface area contributed by atoms with Gasteiger partial charge in [-0.3, -0.25) is 0 Å². The van der Waals surface area contributed by atoms with E-state index in [1.165, 1.54) is 0 Å². The van der Waals surface area contributed by atoms with E-state index in [1.54, 1.807) is 18.2 Å². The molecule has 0 heterocycles. The minimum absolute atomic E-state index is 0.470. The summed E-state index contributed by atoms with van der Waals surface area (Å²) in [6.45, 7) is 2.02. The molecule has 0 saturated carbocycles. The number of rotatable bonds is 3. The number of aliphatic hydroxyl groups is 1. The highest BCUT2D eigenvalue weighted by Crippen LogP contribution is 2.17. The van der Waals surface area contributed by atoms with Gasteiger partial charge in [-0.1, -0.05) is 42.5 Å².